The number of hydrogen-bond acceptors (Lipinski definition) is 4. The molecule has 3 rings (SSSR count). The van der Waals surface area contributed by atoms with Gasteiger partial charge in [0.05, 0.1) is 16.9 Å². The summed E-state index contributed by atoms with van der Waals surface area (Å²) in [4.78, 5) is 1.20. The Morgan fingerprint density at radius 1 is 1.33 bits per heavy atom. The standard InChI is InChI=1S/C14H14F3N3S/c1-2-10-5-8-7-19-11-6-9(14(15,16)17)3-4-12(11)20(18)13(8)21-10/h3-6,19H,2,7,18H2,1H3. The number of benzene rings is 1. The van der Waals surface area contributed by atoms with Crippen molar-refractivity contribution < 1.29 is 13.2 Å². The fourth-order valence-electron chi connectivity index (χ4n) is 2.34. The van der Waals surface area contributed by atoms with Crippen molar-refractivity contribution in [3.8, 4) is 0 Å². The van der Waals surface area contributed by atoms with Crippen molar-refractivity contribution in [3.63, 3.8) is 0 Å². The quantitative estimate of drug-likeness (QED) is 0.773. The summed E-state index contributed by atoms with van der Waals surface area (Å²) in [7, 11) is 0. The maximum Gasteiger partial charge on any atom is 0.416 e. The third kappa shape index (κ3) is 2.47. The molecule has 1 aromatic heterocycles. The molecule has 21 heavy (non-hydrogen) atoms. The Hall–Kier alpha value is -1.73. The molecule has 0 spiro atoms. The van der Waals surface area contributed by atoms with Crippen LogP contribution in [0.2, 0.25) is 0 Å². The highest BCUT2D eigenvalue weighted by molar-refractivity contribution is 7.16. The Kier molecular flexibility index (Phi) is 3.33. The zero-order chi connectivity index (χ0) is 15.2. The molecular formula is C14H14F3N3S. The van der Waals surface area contributed by atoms with Gasteiger partial charge in [-0.1, -0.05) is 6.92 Å². The number of rotatable bonds is 1. The number of hydrogen-bond donors (Lipinski definition) is 2. The molecule has 0 amide bonds. The summed E-state index contributed by atoms with van der Waals surface area (Å²) in [5.41, 5.74) is 1.27. The van der Waals surface area contributed by atoms with Crippen LogP contribution in [0.4, 0.5) is 29.5 Å². The minimum atomic E-state index is -4.36. The first-order valence-electron chi connectivity index (χ1n) is 6.51. The summed E-state index contributed by atoms with van der Waals surface area (Å²) in [6.07, 6.45) is -3.45. The molecule has 2 aromatic rings. The van der Waals surface area contributed by atoms with E-state index in [-0.39, 0.29) is 0 Å². The van der Waals surface area contributed by atoms with Crippen LogP contribution >= 0.6 is 11.3 Å². The number of nitrogens with one attached hydrogen (secondary N) is 1. The molecule has 0 saturated heterocycles. The lowest BCUT2D eigenvalue weighted by Gasteiger charge is -2.19. The maximum absolute atomic E-state index is 12.8. The van der Waals surface area contributed by atoms with Gasteiger partial charge in [0.15, 0.2) is 0 Å². The van der Waals surface area contributed by atoms with Crippen LogP contribution in [-0.2, 0) is 19.1 Å². The van der Waals surface area contributed by atoms with Gasteiger partial charge in [-0.2, -0.15) is 13.2 Å². The molecule has 112 valence electrons. The number of fused-ring (bicyclic) bond motifs is 2. The van der Waals surface area contributed by atoms with E-state index in [1.807, 2.05) is 6.07 Å². The molecule has 0 fully saturated rings. The van der Waals surface area contributed by atoms with Crippen molar-refractivity contribution in [1.82, 2.24) is 0 Å². The minimum absolute atomic E-state index is 0.397. The van der Waals surface area contributed by atoms with Crippen molar-refractivity contribution in [3.05, 3.63) is 40.3 Å². The number of halogens is 3. The molecule has 0 saturated carbocycles. The molecule has 0 aliphatic carbocycles. The van der Waals surface area contributed by atoms with E-state index in [4.69, 9.17) is 5.84 Å². The molecule has 1 aliphatic rings. The van der Waals surface area contributed by atoms with Crippen LogP contribution in [0.1, 0.15) is 22.9 Å². The van der Waals surface area contributed by atoms with Gasteiger partial charge in [0, 0.05) is 17.0 Å². The highest BCUT2D eigenvalue weighted by Crippen LogP contribution is 2.42. The van der Waals surface area contributed by atoms with E-state index in [1.165, 1.54) is 16.0 Å². The van der Waals surface area contributed by atoms with Gasteiger partial charge >= 0.3 is 6.18 Å². The van der Waals surface area contributed by atoms with Crippen LogP contribution in [0.5, 0.6) is 0 Å². The molecule has 1 aromatic carbocycles. The van der Waals surface area contributed by atoms with Gasteiger partial charge in [0.25, 0.3) is 0 Å². The molecule has 0 bridgehead atoms. The third-order valence-corrected chi connectivity index (χ3v) is 4.78. The van der Waals surface area contributed by atoms with Gasteiger partial charge in [-0.3, -0.25) is 5.01 Å². The van der Waals surface area contributed by atoms with Crippen molar-refractivity contribution >= 4 is 27.7 Å². The van der Waals surface area contributed by atoms with Crippen molar-refractivity contribution in [1.29, 1.82) is 0 Å². The lowest BCUT2D eigenvalue weighted by molar-refractivity contribution is -0.137. The average molecular weight is 313 g/mol. The minimum Gasteiger partial charge on any atom is -0.379 e. The van der Waals surface area contributed by atoms with Crippen LogP contribution in [0.3, 0.4) is 0 Å². The lowest BCUT2D eigenvalue weighted by Crippen LogP contribution is -2.24. The van der Waals surface area contributed by atoms with Gasteiger partial charge in [0.2, 0.25) is 0 Å². The summed E-state index contributed by atoms with van der Waals surface area (Å²) >= 11 is 1.57. The van der Waals surface area contributed by atoms with Gasteiger partial charge in [-0.05, 0) is 30.7 Å². The largest absolute Gasteiger partial charge is 0.416 e. The van der Waals surface area contributed by atoms with Crippen molar-refractivity contribution in [2.75, 3.05) is 10.3 Å². The molecule has 3 nitrogen and oxygen atoms in total. The summed E-state index contributed by atoms with van der Waals surface area (Å²) in [5.74, 6) is 6.11. The zero-order valence-electron chi connectivity index (χ0n) is 11.3. The molecule has 0 radical (unpaired) electrons. The fourth-order valence-corrected chi connectivity index (χ4v) is 3.40. The number of nitrogens with zero attached hydrogens (tertiary/aromatic N) is 1. The number of nitrogens with two attached hydrogens (primary N) is 1. The molecular weight excluding hydrogens is 299 g/mol. The third-order valence-electron chi connectivity index (χ3n) is 3.46. The van der Waals surface area contributed by atoms with Crippen molar-refractivity contribution in [2.24, 2.45) is 5.84 Å². The van der Waals surface area contributed by atoms with E-state index in [2.05, 4.69) is 12.2 Å². The zero-order valence-corrected chi connectivity index (χ0v) is 12.1. The summed E-state index contributed by atoms with van der Waals surface area (Å²) in [5, 5.41) is 5.39. The van der Waals surface area contributed by atoms with E-state index in [9.17, 15) is 13.2 Å². The second kappa shape index (κ2) is 4.92. The molecule has 0 unspecified atom stereocenters. The summed E-state index contributed by atoms with van der Waals surface area (Å²) in [6.45, 7) is 2.52. The summed E-state index contributed by atoms with van der Waals surface area (Å²) < 4.78 is 38.4. The Morgan fingerprint density at radius 2 is 2.10 bits per heavy atom. The van der Waals surface area contributed by atoms with Crippen LogP contribution in [0.15, 0.2) is 24.3 Å². The molecule has 7 heteroatoms. The SMILES string of the molecule is CCc1cc2c(s1)N(N)c1ccc(C(F)(F)F)cc1NC2. The number of thiophene rings is 1. The highest BCUT2D eigenvalue weighted by atomic mass is 32.1. The first-order valence-corrected chi connectivity index (χ1v) is 7.33. The Labute approximate surface area is 124 Å². The number of alkyl halides is 3. The summed E-state index contributed by atoms with van der Waals surface area (Å²) in [6, 6.07) is 5.61. The van der Waals surface area contributed by atoms with Gasteiger partial charge in [0.1, 0.15) is 5.00 Å². The number of hydrazine groups is 1. The highest BCUT2D eigenvalue weighted by Gasteiger charge is 2.32. The Morgan fingerprint density at radius 3 is 2.76 bits per heavy atom. The smallest absolute Gasteiger partial charge is 0.379 e. The first-order chi connectivity index (χ1) is 9.90. The predicted molar refractivity (Wildman–Crippen MR) is 78.8 cm³/mol. The van der Waals surface area contributed by atoms with Crippen LogP contribution in [0, 0.1) is 0 Å². The van der Waals surface area contributed by atoms with E-state index in [1.54, 1.807) is 11.3 Å². The van der Waals surface area contributed by atoms with Gasteiger partial charge < -0.3 is 5.32 Å². The second-order valence-corrected chi connectivity index (χ2v) is 5.97. The van der Waals surface area contributed by atoms with E-state index >= 15 is 0 Å². The van der Waals surface area contributed by atoms with Crippen molar-refractivity contribution in [2.45, 2.75) is 26.1 Å². The lowest BCUT2D eigenvalue weighted by atomic mass is 10.1. The molecule has 0 atom stereocenters. The maximum atomic E-state index is 12.8. The fraction of sp³-hybridized carbons (Fsp3) is 0.286. The van der Waals surface area contributed by atoms with E-state index in [0.29, 0.717) is 17.9 Å². The monoisotopic (exact) mass is 313 g/mol. The topological polar surface area (TPSA) is 41.3 Å². The van der Waals surface area contributed by atoms with E-state index < -0.39 is 11.7 Å². The Balaban J connectivity index is 2.05. The first kappa shape index (κ1) is 14.2. The molecule has 1 aliphatic heterocycles. The van der Waals surface area contributed by atoms with E-state index in [0.717, 1.165) is 29.1 Å². The predicted octanol–water partition coefficient (Wildman–Crippen LogP) is 4.27. The normalized spacial score (nSPS) is 14.2. The van der Waals surface area contributed by atoms with Crippen LogP contribution in [0.25, 0.3) is 0 Å². The van der Waals surface area contributed by atoms with Gasteiger partial charge in [-0.25, -0.2) is 5.84 Å². The number of anilines is 3. The average Bonchev–Trinajstić information content (AvgIpc) is 2.81. The molecule has 2 heterocycles. The molecule has 3 N–H and O–H groups in total. The number of aryl methyl sites for hydroxylation is 1. The second-order valence-electron chi connectivity index (χ2n) is 4.85. The van der Waals surface area contributed by atoms with Crippen LogP contribution < -0.4 is 16.2 Å². The Bertz CT molecular complexity index is 679. The van der Waals surface area contributed by atoms with Crippen LogP contribution in [-0.4, -0.2) is 0 Å². The van der Waals surface area contributed by atoms with Gasteiger partial charge in [-0.15, -0.1) is 11.3 Å².